The van der Waals surface area contributed by atoms with Crippen molar-refractivity contribution in [1.29, 1.82) is 0 Å². The van der Waals surface area contributed by atoms with E-state index in [0.29, 0.717) is 21.6 Å². The second-order valence-electron chi connectivity index (χ2n) is 4.91. The number of aromatic hydroxyl groups is 1. The van der Waals surface area contributed by atoms with Crippen molar-refractivity contribution in [2.45, 2.75) is 13.5 Å². The zero-order chi connectivity index (χ0) is 15.7. The molecule has 0 aliphatic heterocycles. The number of rotatable bonds is 3. The smallest absolute Gasteiger partial charge is 0.374 e. The second kappa shape index (κ2) is 5.73. The third-order valence-electron chi connectivity index (χ3n) is 3.40. The van der Waals surface area contributed by atoms with Crippen molar-refractivity contribution >= 4 is 28.5 Å². The van der Waals surface area contributed by atoms with Crippen LogP contribution in [0.1, 0.15) is 21.7 Å². The molecule has 0 saturated carbocycles. The lowest BCUT2D eigenvalue weighted by molar-refractivity contribution is 0.0437. The first-order valence-corrected chi connectivity index (χ1v) is 7.06. The number of fused-ring (bicyclic) bond motifs is 1. The summed E-state index contributed by atoms with van der Waals surface area (Å²) < 4.78 is 10.7. The van der Waals surface area contributed by atoms with E-state index in [4.69, 9.17) is 20.8 Å². The Balaban J connectivity index is 1.82. The Kier molecular flexibility index (Phi) is 3.77. The quantitative estimate of drug-likeness (QED) is 0.725. The number of hydrogen-bond acceptors (Lipinski definition) is 4. The van der Waals surface area contributed by atoms with E-state index in [9.17, 15) is 9.90 Å². The van der Waals surface area contributed by atoms with Gasteiger partial charge in [0.05, 0.1) is 5.39 Å². The van der Waals surface area contributed by atoms with Gasteiger partial charge in [-0.25, -0.2) is 4.79 Å². The molecule has 0 saturated heterocycles. The fraction of sp³-hybridized carbons (Fsp3) is 0.118. The molecular weight excluding hydrogens is 304 g/mol. The van der Waals surface area contributed by atoms with Crippen LogP contribution >= 0.6 is 11.6 Å². The third kappa shape index (κ3) is 2.65. The molecule has 1 heterocycles. The summed E-state index contributed by atoms with van der Waals surface area (Å²) in [6.07, 6.45) is 0. The lowest BCUT2D eigenvalue weighted by Crippen LogP contribution is -2.05. The number of furan rings is 1. The molecule has 1 N–H and O–H groups in total. The van der Waals surface area contributed by atoms with Crippen molar-refractivity contribution in [2.24, 2.45) is 0 Å². The van der Waals surface area contributed by atoms with E-state index in [-0.39, 0.29) is 18.1 Å². The summed E-state index contributed by atoms with van der Waals surface area (Å²) in [5.74, 6) is -0.385. The first kappa shape index (κ1) is 14.5. The number of halogens is 1. The van der Waals surface area contributed by atoms with Gasteiger partial charge in [-0.2, -0.15) is 0 Å². The van der Waals surface area contributed by atoms with E-state index < -0.39 is 5.97 Å². The van der Waals surface area contributed by atoms with Crippen LogP contribution in [0.25, 0.3) is 11.0 Å². The fourth-order valence-electron chi connectivity index (χ4n) is 2.27. The fourth-order valence-corrected chi connectivity index (χ4v) is 2.40. The molecular formula is C17H13ClO4. The van der Waals surface area contributed by atoms with E-state index in [2.05, 4.69) is 0 Å². The van der Waals surface area contributed by atoms with Gasteiger partial charge < -0.3 is 14.3 Å². The Labute approximate surface area is 131 Å². The second-order valence-corrected chi connectivity index (χ2v) is 5.35. The highest BCUT2D eigenvalue weighted by molar-refractivity contribution is 6.30. The number of esters is 1. The number of aryl methyl sites for hydroxylation is 1. The maximum Gasteiger partial charge on any atom is 0.374 e. The van der Waals surface area contributed by atoms with Gasteiger partial charge in [-0.1, -0.05) is 29.8 Å². The summed E-state index contributed by atoms with van der Waals surface area (Å²) in [5, 5.41) is 11.0. The van der Waals surface area contributed by atoms with Gasteiger partial charge in [0.2, 0.25) is 5.76 Å². The van der Waals surface area contributed by atoms with Crippen LogP contribution < -0.4 is 0 Å². The Hall–Kier alpha value is -2.46. The number of benzene rings is 2. The van der Waals surface area contributed by atoms with Crippen LogP contribution in [-0.2, 0) is 11.3 Å². The molecule has 112 valence electrons. The number of ether oxygens (including phenoxy) is 1. The number of carbonyl (C=O) groups is 1. The first-order chi connectivity index (χ1) is 10.6. The van der Waals surface area contributed by atoms with Gasteiger partial charge in [-0.3, -0.25) is 0 Å². The summed E-state index contributed by atoms with van der Waals surface area (Å²) in [6, 6.07) is 11.9. The highest BCUT2D eigenvalue weighted by atomic mass is 35.5. The predicted molar refractivity (Wildman–Crippen MR) is 83.2 cm³/mol. The average molecular weight is 317 g/mol. The molecule has 2 aromatic carbocycles. The van der Waals surface area contributed by atoms with Crippen LogP contribution in [0.3, 0.4) is 0 Å². The van der Waals surface area contributed by atoms with E-state index in [1.807, 2.05) is 0 Å². The van der Waals surface area contributed by atoms with E-state index in [1.54, 1.807) is 49.4 Å². The standard InChI is InChI=1S/C17H13ClO4/c1-10-15-13(19)3-2-4-14(15)22-16(10)17(20)21-9-11-5-7-12(18)8-6-11/h2-8,19H,9H2,1H3. The molecule has 0 unspecified atom stereocenters. The normalized spacial score (nSPS) is 10.8. The van der Waals surface area contributed by atoms with Crippen LogP contribution in [0.15, 0.2) is 46.9 Å². The molecule has 22 heavy (non-hydrogen) atoms. The van der Waals surface area contributed by atoms with Crippen molar-refractivity contribution < 1.29 is 19.1 Å². The Morgan fingerprint density at radius 1 is 1.23 bits per heavy atom. The molecule has 1 aromatic heterocycles. The molecule has 0 radical (unpaired) electrons. The molecule has 0 atom stereocenters. The minimum atomic E-state index is -0.567. The maximum absolute atomic E-state index is 12.2. The zero-order valence-corrected chi connectivity index (χ0v) is 12.6. The Bertz CT molecular complexity index is 834. The van der Waals surface area contributed by atoms with E-state index in [0.717, 1.165) is 5.56 Å². The van der Waals surface area contributed by atoms with Gasteiger partial charge >= 0.3 is 5.97 Å². The molecule has 3 aromatic rings. The van der Waals surface area contributed by atoms with Crippen LogP contribution in [0, 0.1) is 6.92 Å². The Morgan fingerprint density at radius 3 is 2.64 bits per heavy atom. The van der Waals surface area contributed by atoms with Gasteiger partial charge in [-0.15, -0.1) is 0 Å². The van der Waals surface area contributed by atoms with Crippen molar-refractivity contribution in [3.8, 4) is 5.75 Å². The van der Waals surface area contributed by atoms with Crippen LogP contribution in [0.5, 0.6) is 5.75 Å². The van der Waals surface area contributed by atoms with Crippen molar-refractivity contribution in [3.05, 3.63) is 64.4 Å². The molecule has 0 bridgehead atoms. The summed E-state index contributed by atoms with van der Waals surface area (Å²) in [4.78, 5) is 12.2. The molecule has 4 nitrogen and oxygen atoms in total. The number of phenols is 1. The van der Waals surface area contributed by atoms with Crippen molar-refractivity contribution in [3.63, 3.8) is 0 Å². The van der Waals surface area contributed by atoms with Gasteiger partial charge in [0.1, 0.15) is 17.9 Å². The maximum atomic E-state index is 12.2. The molecule has 0 spiro atoms. The van der Waals surface area contributed by atoms with Gasteiger partial charge in [0, 0.05) is 10.6 Å². The van der Waals surface area contributed by atoms with E-state index >= 15 is 0 Å². The topological polar surface area (TPSA) is 59.7 Å². The zero-order valence-electron chi connectivity index (χ0n) is 11.8. The summed E-state index contributed by atoms with van der Waals surface area (Å²) in [5.41, 5.74) is 1.85. The minimum Gasteiger partial charge on any atom is -0.507 e. The van der Waals surface area contributed by atoms with Crippen LogP contribution in [0.2, 0.25) is 5.02 Å². The average Bonchev–Trinajstić information content (AvgIpc) is 2.85. The summed E-state index contributed by atoms with van der Waals surface area (Å²) in [6.45, 7) is 1.84. The van der Waals surface area contributed by atoms with Gasteiger partial charge in [-0.05, 0) is 36.8 Å². The first-order valence-electron chi connectivity index (χ1n) is 6.69. The molecule has 0 aliphatic carbocycles. The highest BCUT2D eigenvalue weighted by Gasteiger charge is 2.20. The predicted octanol–water partition coefficient (Wildman–Crippen LogP) is 4.46. The monoisotopic (exact) mass is 316 g/mol. The van der Waals surface area contributed by atoms with Crippen molar-refractivity contribution in [1.82, 2.24) is 0 Å². The minimum absolute atomic E-state index is 0.0792. The Morgan fingerprint density at radius 2 is 1.95 bits per heavy atom. The SMILES string of the molecule is Cc1c(C(=O)OCc2ccc(Cl)cc2)oc2cccc(O)c12. The molecule has 0 aliphatic rings. The number of hydrogen-bond donors (Lipinski definition) is 1. The third-order valence-corrected chi connectivity index (χ3v) is 3.65. The highest BCUT2D eigenvalue weighted by Crippen LogP contribution is 2.32. The summed E-state index contributed by atoms with van der Waals surface area (Å²) in [7, 11) is 0. The van der Waals surface area contributed by atoms with Crippen LogP contribution in [-0.4, -0.2) is 11.1 Å². The van der Waals surface area contributed by atoms with Gasteiger partial charge in [0.25, 0.3) is 0 Å². The number of carbonyl (C=O) groups excluding carboxylic acids is 1. The summed E-state index contributed by atoms with van der Waals surface area (Å²) >= 11 is 5.80. The lowest BCUT2D eigenvalue weighted by Gasteiger charge is -2.04. The van der Waals surface area contributed by atoms with Gasteiger partial charge in [0.15, 0.2) is 0 Å². The molecule has 5 heteroatoms. The largest absolute Gasteiger partial charge is 0.507 e. The molecule has 3 rings (SSSR count). The molecule has 0 amide bonds. The molecule has 0 fully saturated rings. The van der Waals surface area contributed by atoms with E-state index in [1.165, 1.54) is 0 Å². The van der Waals surface area contributed by atoms with Crippen molar-refractivity contribution in [2.75, 3.05) is 0 Å². The van der Waals surface area contributed by atoms with Crippen LogP contribution in [0.4, 0.5) is 0 Å². The number of phenolic OH excluding ortho intramolecular Hbond substituents is 1. The lowest BCUT2D eigenvalue weighted by atomic mass is 10.1.